The standard InChI is InChI=1S/C23H28N2O3S/c1-28-19-8-4-3-7-17(19)15-24-22(26)16-9-10-20-18(13-16)14-21(29-20)23(27)25-11-5-2-6-12-25/h3-4,7-8,14,16H,2,5-6,9-13,15H2,1H3,(H,24,26). The summed E-state index contributed by atoms with van der Waals surface area (Å²) < 4.78 is 5.36. The van der Waals surface area contributed by atoms with Crippen molar-refractivity contribution >= 4 is 23.2 Å². The number of fused-ring (bicyclic) bond motifs is 1. The van der Waals surface area contributed by atoms with Crippen molar-refractivity contribution in [3.8, 4) is 5.75 Å². The summed E-state index contributed by atoms with van der Waals surface area (Å²) in [4.78, 5) is 29.6. The van der Waals surface area contributed by atoms with Crippen molar-refractivity contribution in [1.29, 1.82) is 0 Å². The fourth-order valence-electron chi connectivity index (χ4n) is 4.28. The SMILES string of the molecule is COc1ccccc1CNC(=O)C1CCc2sc(C(=O)N3CCCCC3)cc2C1. The van der Waals surface area contributed by atoms with Crippen molar-refractivity contribution in [2.24, 2.45) is 5.92 Å². The topological polar surface area (TPSA) is 58.6 Å². The van der Waals surface area contributed by atoms with Crippen LogP contribution >= 0.6 is 11.3 Å². The Labute approximate surface area is 176 Å². The third-order valence-electron chi connectivity index (χ3n) is 5.95. The van der Waals surface area contributed by atoms with Crippen LogP contribution in [-0.4, -0.2) is 36.9 Å². The number of nitrogens with one attached hydrogen (secondary N) is 1. The van der Waals surface area contributed by atoms with Gasteiger partial charge in [-0.25, -0.2) is 0 Å². The van der Waals surface area contributed by atoms with Crippen LogP contribution in [0.25, 0.3) is 0 Å². The first-order valence-corrected chi connectivity index (χ1v) is 11.3. The lowest BCUT2D eigenvalue weighted by molar-refractivity contribution is -0.125. The molecule has 1 aromatic heterocycles. The van der Waals surface area contributed by atoms with E-state index in [1.54, 1.807) is 18.4 Å². The molecule has 0 bridgehead atoms. The van der Waals surface area contributed by atoms with Gasteiger partial charge < -0.3 is 15.0 Å². The summed E-state index contributed by atoms with van der Waals surface area (Å²) in [5, 5.41) is 3.06. The quantitative estimate of drug-likeness (QED) is 0.813. The van der Waals surface area contributed by atoms with E-state index in [0.717, 1.165) is 61.4 Å². The van der Waals surface area contributed by atoms with E-state index in [4.69, 9.17) is 4.74 Å². The maximum absolute atomic E-state index is 12.8. The van der Waals surface area contributed by atoms with E-state index in [1.807, 2.05) is 35.2 Å². The molecule has 1 atom stereocenters. The molecule has 29 heavy (non-hydrogen) atoms. The van der Waals surface area contributed by atoms with Gasteiger partial charge in [0.05, 0.1) is 12.0 Å². The van der Waals surface area contributed by atoms with Crippen LogP contribution < -0.4 is 10.1 Å². The van der Waals surface area contributed by atoms with E-state index in [0.29, 0.717) is 6.54 Å². The monoisotopic (exact) mass is 412 g/mol. The normalized spacial score (nSPS) is 18.8. The first-order chi connectivity index (χ1) is 14.2. The number of benzene rings is 1. The predicted molar refractivity (Wildman–Crippen MR) is 114 cm³/mol. The third-order valence-corrected chi connectivity index (χ3v) is 7.18. The van der Waals surface area contributed by atoms with E-state index in [2.05, 4.69) is 5.32 Å². The van der Waals surface area contributed by atoms with E-state index in [1.165, 1.54) is 16.9 Å². The number of methoxy groups -OCH3 is 1. The van der Waals surface area contributed by atoms with Gasteiger partial charge in [0, 0.05) is 36.0 Å². The highest BCUT2D eigenvalue weighted by atomic mass is 32.1. The van der Waals surface area contributed by atoms with Crippen LogP contribution in [0.1, 0.15) is 51.4 Å². The maximum atomic E-state index is 12.8. The first-order valence-electron chi connectivity index (χ1n) is 10.5. The number of hydrogen-bond donors (Lipinski definition) is 1. The van der Waals surface area contributed by atoms with Crippen LogP contribution in [0.15, 0.2) is 30.3 Å². The molecular weight excluding hydrogens is 384 g/mol. The highest BCUT2D eigenvalue weighted by molar-refractivity contribution is 7.14. The van der Waals surface area contributed by atoms with Crippen LogP contribution in [0, 0.1) is 5.92 Å². The zero-order chi connectivity index (χ0) is 20.2. The minimum atomic E-state index is -0.0373. The Morgan fingerprint density at radius 1 is 1.21 bits per heavy atom. The van der Waals surface area contributed by atoms with Crippen LogP contribution in [0.4, 0.5) is 0 Å². The van der Waals surface area contributed by atoms with Gasteiger partial charge in [-0.15, -0.1) is 11.3 Å². The number of likely N-dealkylation sites (tertiary alicyclic amines) is 1. The van der Waals surface area contributed by atoms with Crippen molar-refractivity contribution in [3.05, 3.63) is 51.2 Å². The molecule has 2 aliphatic rings. The van der Waals surface area contributed by atoms with Gasteiger partial charge in [0.15, 0.2) is 0 Å². The van der Waals surface area contributed by atoms with Gasteiger partial charge in [-0.2, -0.15) is 0 Å². The minimum absolute atomic E-state index is 0.0373. The molecule has 1 unspecified atom stereocenters. The summed E-state index contributed by atoms with van der Waals surface area (Å²) in [6, 6.07) is 9.78. The lowest BCUT2D eigenvalue weighted by atomic mass is 9.87. The number of carbonyl (C=O) groups excluding carboxylic acids is 2. The number of hydrogen-bond acceptors (Lipinski definition) is 4. The lowest BCUT2D eigenvalue weighted by Crippen LogP contribution is -2.35. The number of ether oxygens (including phenoxy) is 1. The summed E-state index contributed by atoms with van der Waals surface area (Å²) in [6.07, 6.45) is 5.85. The number of piperidine rings is 1. The fourth-order valence-corrected chi connectivity index (χ4v) is 5.46. The molecule has 1 aliphatic heterocycles. The van der Waals surface area contributed by atoms with Crippen molar-refractivity contribution < 1.29 is 14.3 Å². The van der Waals surface area contributed by atoms with Gasteiger partial charge in [0.2, 0.25) is 5.91 Å². The second-order valence-corrected chi connectivity index (χ2v) is 9.02. The number of rotatable bonds is 5. The molecule has 0 saturated carbocycles. The van der Waals surface area contributed by atoms with E-state index in [9.17, 15) is 9.59 Å². The molecule has 1 saturated heterocycles. The van der Waals surface area contributed by atoms with E-state index in [-0.39, 0.29) is 17.7 Å². The zero-order valence-corrected chi connectivity index (χ0v) is 17.7. The summed E-state index contributed by atoms with van der Waals surface area (Å²) in [5.41, 5.74) is 2.16. The molecule has 1 N–H and O–H groups in total. The minimum Gasteiger partial charge on any atom is -0.496 e. The first kappa shape index (κ1) is 20.0. The molecule has 1 fully saturated rings. The molecule has 5 nitrogen and oxygen atoms in total. The number of carbonyl (C=O) groups is 2. The van der Waals surface area contributed by atoms with E-state index >= 15 is 0 Å². The van der Waals surface area contributed by atoms with Crippen LogP contribution in [-0.2, 0) is 24.2 Å². The molecular formula is C23H28N2O3S. The Kier molecular flexibility index (Phi) is 6.19. The molecule has 1 aromatic carbocycles. The Morgan fingerprint density at radius 3 is 2.79 bits per heavy atom. The van der Waals surface area contributed by atoms with Crippen LogP contribution in [0.5, 0.6) is 5.75 Å². The molecule has 2 aromatic rings. The Bertz CT molecular complexity index is 886. The molecule has 6 heteroatoms. The molecule has 154 valence electrons. The third kappa shape index (κ3) is 4.47. The number of aryl methyl sites for hydroxylation is 1. The van der Waals surface area contributed by atoms with Crippen molar-refractivity contribution in [1.82, 2.24) is 10.2 Å². The van der Waals surface area contributed by atoms with Crippen LogP contribution in [0.3, 0.4) is 0 Å². The number of nitrogens with zero attached hydrogens (tertiary/aromatic N) is 1. The van der Waals surface area contributed by atoms with E-state index < -0.39 is 0 Å². The van der Waals surface area contributed by atoms with Crippen molar-refractivity contribution in [3.63, 3.8) is 0 Å². The molecule has 2 amide bonds. The molecule has 1 aliphatic carbocycles. The second kappa shape index (κ2) is 8.99. The van der Waals surface area contributed by atoms with Crippen molar-refractivity contribution in [2.45, 2.75) is 45.1 Å². The Hall–Kier alpha value is -2.34. The number of para-hydroxylation sites is 1. The van der Waals surface area contributed by atoms with Crippen LogP contribution in [0.2, 0.25) is 0 Å². The van der Waals surface area contributed by atoms with Gasteiger partial charge in [0.1, 0.15) is 5.75 Å². The molecule has 0 spiro atoms. The zero-order valence-electron chi connectivity index (χ0n) is 16.9. The summed E-state index contributed by atoms with van der Waals surface area (Å²) in [7, 11) is 1.64. The largest absolute Gasteiger partial charge is 0.496 e. The molecule has 2 heterocycles. The number of amides is 2. The van der Waals surface area contributed by atoms with Gasteiger partial charge in [-0.1, -0.05) is 18.2 Å². The highest BCUT2D eigenvalue weighted by Crippen LogP contribution is 2.33. The van der Waals surface area contributed by atoms with Gasteiger partial charge in [-0.3, -0.25) is 9.59 Å². The second-order valence-electron chi connectivity index (χ2n) is 7.88. The summed E-state index contributed by atoms with van der Waals surface area (Å²) in [5.74, 6) is 1.00. The maximum Gasteiger partial charge on any atom is 0.263 e. The smallest absolute Gasteiger partial charge is 0.263 e. The predicted octanol–water partition coefficient (Wildman–Crippen LogP) is 3.80. The Balaban J connectivity index is 1.37. The molecule has 4 rings (SSSR count). The fraction of sp³-hybridized carbons (Fsp3) is 0.478. The number of thiophene rings is 1. The van der Waals surface area contributed by atoms with Crippen molar-refractivity contribution in [2.75, 3.05) is 20.2 Å². The van der Waals surface area contributed by atoms with Gasteiger partial charge in [0.25, 0.3) is 5.91 Å². The molecule has 0 radical (unpaired) electrons. The average Bonchev–Trinajstić information content (AvgIpc) is 3.21. The summed E-state index contributed by atoms with van der Waals surface area (Å²) >= 11 is 1.63. The Morgan fingerprint density at radius 2 is 2.00 bits per heavy atom. The van der Waals surface area contributed by atoms with Gasteiger partial charge in [-0.05, 0) is 56.2 Å². The highest BCUT2D eigenvalue weighted by Gasteiger charge is 2.28. The average molecular weight is 413 g/mol. The van der Waals surface area contributed by atoms with Gasteiger partial charge >= 0.3 is 0 Å². The lowest BCUT2D eigenvalue weighted by Gasteiger charge is -2.26. The summed E-state index contributed by atoms with van der Waals surface area (Å²) in [6.45, 7) is 2.21.